The fourth-order valence-corrected chi connectivity index (χ4v) is 11.3. The third kappa shape index (κ3) is 4.32. The molecule has 0 saturated carbocycles. The Labute approximate surface area is 349 Å². The first-order valence-electron chi connectivity index (χ1n) is 21.0. The summed E-state index contributed by atoms with van der Waals surface area (Å²) in [5, 5.41) is 2.35. The van der Waals surface area contributed by atoms with Gasteiger partial charge in [-0.05, 0) is 126 Å². The van der Waals surface area contributed by atoms with Crippen molar-refractivity contribution in [1.82, 2.24) is 0 Å². The maximum Gasteiger partial charge on any atom is 0.136 e. The van der Waals surface area contributed by atoms with Crippen molar-refractivity contribution in [3.05, 3.63) is 234 Å². The van der Waals surface area contributed by atoms with Gasteiger partial charge in [-0.1, -0.05) is 166 Å². The average Bonchev–Trinajstić information content (AvgIpc) is 3.99. The first-order valence-corrected chi connectivity index (χ1v) is 21.0. The highest BCUT2D eigenvalue weighted by Crippen LogP contribution is 2.65. The first kappa shape index (κ1) is 33.5. The summed E-state index contributed by atoms with van der Waals surface area (Å²) in [7, 11) is 0. The molecule has 1 unspecified atom stereocenters. The molecule has 2 nitrogen and oxygen atoms in total. The second kappa shape index (κ2) is 12.1. The molecule has 0 aliphatic heterocycles. The fraction of sp³-hybridized carbons (Fsp3) is 0.0690. The highest BCUT2D eigenvalue weighted by atomic mass is 16.3. The minimum absolute atomic E-state index is 0.131. The van der Waals surface area contributed by atoms with Crippen molar-refractivity contribution < 1.29 is 4.42 Å². The number of hydrogen-bond acceptors (Lipinski definition) is 2. The maximum atomic E-state index is 6.53. The van der Waals surface area contributed by atoms with Crippen LogP contribution in [0, 0.1) is 0 Å². The third-order valence-corrected chi connectivity index (χ3v) is 13.9. The summed E-state index contributed by atoms with van der Waals surface area (Å²) in [5.41, 5.74) is 22.7. The van der Waals surface area contributed by atoms with E-state index in [0.29, 0.717) is 0 Å². The molecule has 0 amide bonds. The summed E-state index contributed by atoms with van der Waals surface area (Å²) >= 11 is 0. The molecule has 2 heteroatoms. The molecule has 1 atom stereocenters. The summed E-state index contributed by atoms with van der Waals surface area (Å²) < 4.78 is 6.53. The van der Waals surface area contributed by atoms with Crippen LogP contribution in [0.25, 0.3) is 66.4 Å². The minimum atomic E-state index is -0.523. The van der Waals surface area contributed by atoms with Crippen LogP contribution in [0.2, 0.25) is 0 Å². The van der Waals surface area contributed by atoms with Crippen molar-refractivity contribution in [3.8, 4) is 44.5 Å². The van der Waals surface area contributed by atoms with E-state index in [1.807, 2.05) is 0 Å². The number of anilines is 3. The van der Waals surface area contributed by atoms with E-state index in [4.69, 9.17) is 4.42 Å². The van der Waals surface area contributed by atoms with Crippen molar-refractivity contribution in [2.24, 2.45) is 0 Å². The minimum Gasteiger partial charge on any atom is -0.456 e. The SMILES string of the molecule is CC1(C)c2ccccc2-c2ccc(N(c3ccc(-c4ccccc4)cc3)c3ccc4c(c3)C3(c5ccccc5-4)c4ccccc4-c4c3ccc3oc5ccccc5c43)cc21. The quantitative estimate of drug-likeness (QED) is 0.177. The van der Waals surface area contributed by atoms with Gasteiger partial charge in [-0.2, -0.15) is 0 Å². The van der Waals surface area contributed by atoms with Crippen molar-refractivity contribution in [2.75, 3.05) is 4.90 Å². The summed E-state index contributed by atoms with van der Waals surface area (Å²) in [5.74, 6) is 0. The zero-order valence-electron chi connectivity index (χ0n) is 33.4. The van der Waals surface area contributed by atoms with Gasteiger partial charge in [-0.25, -0.2) is 0 Å². The van der Waals surface area contributed by atoms with E-state index in [1.165, 1.54) is 83.3 Å². The summed E-state index contributed by atoms with van der Waals surface area (Å²) in [6, 6.07) is 74.2. The van der Waals surface area contributed by atoms with Crippen molar-refractivity contribution in [3.63, 3.8) is 0 Å². The van der Waals surface area contributed by atoms with Gasteiger partial charge in [0.2, 0.25) is 0 Å². The number of para-hydroxylation sites is 1. The predicted octanol–water partition coefficient (Wildman–Crippen LogP) is 15.4. The highest BCUT2D eigenvalue weighted by Gasteiger charge is 2.52. The Hall–Kier alpha value is -7.42. The van der Waals surface area contributed by atoms with Crippen molar-refractivity contribution >= 4 is 39.0 Å². The molecule has 13 rings (SSSR count). The lowest BCUT2D eigenvalue weighted by molar-refractivity contribution is 0.660. The molecule has 60 heavy (non-hydrogen) atoms. The normalized spacial score (nSPS) is 16.0. The molecule has 0 fully saturated rings. The third-order valence-electron chi connectivity index (χ3n) is 13.9. The Balaban J connectivity index is 1.07. The standard InChI is InChI=1S/C58H39NO/c1-57(2)47-20-10-6-16-41(47)43-30-28-39(34-51(43)57)59(38-26-24-37(25-27-38)36-14-4-3-5-15-36)40-29-31-44-42-17-7-11-21-48(42)58(52(44)35-40)49-22-12-8-18-45(49)55-50(58)32-33-54-56(55)46-19-9-13-23-53(46)60-54/h3-35H,1-2H3. The summed E-state index contributed by atoms with van der Waals surface area (Å²) in [4.78, 5) is 2.47. The van der Waals surface area contributed by atoms with Crippen LogP contribution < -0.4 is 4.90 Å². The molecule has 0 radical (unpaired) electrons. The number of rotatable bonds is 4. The first-order chi connectivity index (χ1) is 29.5. The van der Waals surface area contributed by atoms with E-state index < -0.39 is 5.41 Å². The van der Waals surface area contributed by atoms with Crippen molar-refractivity contribution in [1.29, 1.82) is 0 Å². The molecular formula is C58H39NO. The molecule has 1 spiro atoms. The molecule has 9 aromatic carbocycles. The summed E-state index contributed by atoms with van der Waals surface area (Å²) in [6.45, 7) is 4.73. The lowest BCUT2D eigenvalue weighted by Gasteiger charge is -2.32. The van der Waals surface area contributed by atoms with E-state index in [-0.39, 0.29) is 5.41 Å². The highest BCUT2D eigenvalue weighted by molar-refractivity contribution is 6.16. The smallest absolute Gasteiger partial charge is 0.136 e. The molecular weight excluding hydrogens is 727 g/mol. The van der Waals surface area contributed by atoms with Crippen LogP contribution in [0.3, 0.4) is 0 Å². The number of hydrogen-bond donors (Lipinski definition) is 0. The average molecular weight is 766 g/mol. The van der Waals surface area contributed by atoms with Gasteiger partial charge in [0.25, 0.3) is 0 Å². The number of benzene rings is 9. The van der Waals surface area contributed by atoms with Gasteiger partial charge in [-0.15, -0.1) is 0 Å². The molecule has 3 aliphatic carbocycles. The molecule has 0 N–H and O–H groups in total. The Morgan fingerprint density at radius 3 is 1.65 bits per heavy atom. The van der Waals surface area contributed by atoms with E-state index in [1.54, 1.807) is 0 Å². The fourth-order valence-electron chi connectivity index (χ4n) is 11.3. The Morgan fingerprint density at radius 1 is 0.367 bits per heavy atom. The van der Waals surface area contributed by atoms with E-state index in [0.717, 1.165) is 33.6 Å². The Kier molecular flexibility index (Phi) is 6.74. The van der Waals surface area contributed by atoms with Crippen LogP contribution in [0.5, 0.6) is 0 Å². The number of fused-ring (bicyclic) bond motifs is 17. The second-order valence-corrected chi connectivity index (χ2v) is 17.2. The molecule has 282 valence electrons. The van der Waals surface area contributed by atoms with Gasteiger partial charge in [-0.3, -0.25) is 0 Å². The van der Waals surface area contributed by atoms with Crippen molar-refractivity contribution in [2.45, 2.75) is 24.7 Å². The van der Waals surface area contributed by atoms with Gasteiger partial charge < -0.3 is 9.32 Å². The summed E-state index contributed by atoms with van der Waals surface area (Å²) in [6.07, 6.45) is 0. The van der Waals surface area contributed by atoms with Crippen LogP contribution in [-0.4, -0.2) is 0 Å². The molecule has 1 heterocycles. The predicted molar refractivity (Wildman–Crippen MR) is 248 cm³/mol. The van der Waals surface area contributed by atoms with Crippen LogP contribution in [0.1, 0.15) is 47.2 Å². The van der Waals surface area contributed by atoms with Gasteiger partial charge in [0.15, 0.2) is 0 Å². The zero-order valence-corrected chi connectivity index (χ0v) is 33.4. The van der Waals surface area contributed by atoms with Crippen LogP contribution in [0.15, 0.2) is 205 Å². The largest absolute Gasteiger partial charge is 0.456 e. The van der Waals surface area contributed by atoms with Crippen LogP contribution in [0.4, 0.5) is 17.1 Å². The van der Waals surface area contributed by atoms with Gasteiger partial charge in [0.05, 0.1) is 5.41 Å². The molecule has 0 saturated heterocycles. The lowest BCUT2D eigenvalue weighted by atomic mass is 9.70. The number of nitrogens with zero attached hydrogens (tertiary/aromatic N) is 1. The van der Waals surface area contributed by atoms with Gasteiger partial charge in [0.1, 0.15) is 11.2 Å². The number of furan rings is 1. The molecule has 0 bridgehead atoms. The second-order valence-electron chi connectivity index (χ2n) is 17.2. The van der Waals surface area contributed by atoms with E-state index in [2.05, 4.69) is 219 Å². The monoisotopic (exact) mass is 765 g/mol. The van der Waals surface area contributed by atoms with E-state index in [9.17, 15) is 0 Å². The Bertz CT molecular complexity index is 3410. The Morgan fingerprint density at radius 2 is 0.900 bits per heavy atom. The van der Waals surface area contributed by atoms with Gasteiger partial charge in [0, 0.05) is 33.2 Å². The topological polar surface area (TPSA) is 16.4 Å². The molecule has 3 aliphatic rings. The maximum absolute atomic E-state index is 6.53. The molecule has 10 aromatic rings. The van der Waals surface area contributed by atoms with Crippen LogP contribution >= 0.6 is 0 Å². The zero-order chi connectivity index (χ0) is 39.7. The molecule has 1 aromatic heterocycles. The van der Waals surface area contributed by atoms with E-state index >= 15 is 0 Å². The van der Waals surface area contributed by atoms with Crippen LogP contribution in [-0.2, 0) is 10.8 Å². The van der Waals surface area contributed by atoms with Gasteiger partial charge >= 0.3 is 0 Å². The lowest BCUT2D eigenvalue weighted by Crippen LogP contribution is -2.26.